The molecule has 0 radical (unpaired) electrons. The molecule has 0 bridgehead atoms. The average Bonchev–Trinajstić information content (AvgIpc) is 0. The van der Waals surface area contributed by atoms with Gasteiger partial charge in [-0.3, -0.25) is 0 Å². The van der Waals surface area contributed by atoms with E-state index in [-0.39, 0.29) is 38.7 Å². The summed E-state index contributed by atoms with van der Waals surface area (Å²) in [7, 11) is 0. The Kier molecular flexibility index (Phi) is 2410. The molecular weight excluding hydrogens is 114 g/mol. The first-order valence-corrected chi connectivity index (χ1v) is 0. The molecule has 0 fully saturated rings. The van der Waals surface area contributed by atoms with Gasteiger partial charge in [-0.1, -0.05) is 0 Å². The Labute approximate surface area is 39.4 Å². The van der Waals surface area contributed by atoms with E-state index >= 15 is 0 Å². The molecule has 0 aromatic heterocycles. The van der Waals surface area contributed by atoms with Crippen LogP contribution >= 0.6 is 0 Å². The van der Waals surface area contributed by atoms with E-state index in [0.717, 1.165) is 0 Å². The minimum absolute atomic E-state index is 0. The SMILES string of the molecule is [BeH2].[Ge+4].[O-2].[O-2]. The van der Waals surface area contributed by atoms with Crippen molar-refractivity contribution in [2.75, 3.05) is 0 Å². The Morgan fingerprint density at radius 1 is 0.750 bits per heavy atom. The van der Waals surface area contributed by atoms with Crippen LogP contribution < -0.4 is 0 Å². The van der Waals surface area contributed by atoms with Gasteiger partial charge >= 0.3 is 27.7 Å². The minimum atomic E-state index is 0. The van der Waals surface area contributed by atoms with Crippen LogP contribution in [0.1, 0.15) is 0 Å². The molecule has 0 aromatic carbocycles. The van der Waals surface area contributed by atoms with Crippen molar-refractivity contribution in [3.8, 4) is 0 Å². The van der Waals surface area contributed by atoms with Crippen LogP contribution in [0, 0.1) is 0 Å². The summed E-state index contributed by atoms with van der Waals surface area (Å²) in [5.41, 5.74) is 0. The smallest absolute Gasteiger partial charge is 2.00 e. The van der Waals surface area contributed by atoms with E-state index in [0.29, 0.717) is 0 Å². The number of hydrogen-bond acceptors (Lipinski definition) is 0. The topological polar surface area (TPSA) is 57.0 Å². The predicted octanol–water partition coefficient (Wildman–Crippen LogP) is -1.53. The van der Waals surface area contributed by atoms with Gasteiger partial charge < -0.3 is 11.0 Å². The molecule has 0 spiro atoms. The van der Waals surface area contributed by atoms with Crippen molar-refractivity contribution in [3.05, 3.63) is 0 Å². The third-order valence-corrected chi connectivity index (χ3v) is 0. The maximum atomic E-state index is 0. The maximum absolute atomic E-state index is 0. The van der Waals surface area contributed by atoms with Crippen molar-refractivity contribution >= 4 is 27.7 Å². The molecule has 0 unspecified atom stereocenters. The molecule has 0 aliphatic rings. The summed E-state index contributed by atoms with van der Waals surface area (Å²) in [4.78, 5) is 0. The normalized spacial score (nSPS) is 0. The van der Waals surface area contributed by atoms with E-state index in [1.54, 1.807) is 0 Å². The molecular formula is H2BeGeO2. The van der Waals surface area contributed by atoms with Crippen molar-refractivity contribution in [1.29, 1.82) is 0 Å². The second-order valence-electron chi connectivity index (χ2n) is 0. The molecule has 2 nitrogen and oxygen atoms in total. The van der Waals surface area contributed by atoms with Crippen LogP contribution in [-0.2, 0) is 11.0 Å². The molecule has 0 aromatic rings. The van der Waals surface area contributed by atoms with Crippen molar-refractivity contribution in [2.45, 2.75) is 0 Å². The molecule has 0 aliphatic carbocycles. The third-order valence-electron chi connectivity index (χ3n) is 0. The average molecular weight is 116 g/mol. The molecule has 0 atom stereocenters. The van der Waals surface area contributed by atoms with E-state index in [1.807, 2.05) is 0 Å². The third kappa shape index (κ3) is 17.6. The zero-order chi connectivity index (χ0) is 0. The Morgan fingerprint density at radius 2 is 0.750 bits per heavy atom. The van der Waals surface area contributed by atoms with E-state index in [4.69, 9.17) is 0 Å². The van der Waals surface area contributed by atoms with Crippen LogP contribution in [0.25, 0.3) is 0 Å². The molecule has 4 heavy (non-hydrogen) atoms. The molecule has 4 heteroatoms. The molecule has 0 heterocycles. The Hall–Kier alpha value is 0.632. The molecule has 0 aliphatic heterocycles. The second kappa shape index (κ2) is 63.0. The van der Waals surface area contributed by atoms with Gasteiger partial charge in [0, 0.05) is 0 Å². The predicted molar refractivity (Wildman–Crippen MR) is 15.7 cm³/mol. The second-order valence-corrected chi connectivity index (χ2v) is 0. The zero-order valence-electron chi connectivity index (χ0n) is 1.32. The Balaban J connectivity index is 0. The van der Waals surface area contributed by atoms with Gasteiger partial charge in [0.05, 0.1) is 0 Å². The van der Waals surface area contributed by atoms with Crippen molar-refractivity contribution < 1.29 is 11.0 Å². The Bertz CT molecular complexity index is 6.00. The number of hydrogen-bond donors (Lipinski definition) is 0. The molecule has 0 amide bonds. The number of rotatable bonds is 0. The standard InChI is InChI=1S/Be.Ge.2O.2H/q;+4;2*-2;;. The Morgan fingerprint density at radius 3 is 0.750 bits per heavy atom. The summed E-state index contributed by atoms with van der Waals surface area (Å²) in [6.07, 6.45) is 0. The van der Waals surface area contributed by atoms with Crippen LogP contribution in [-0.4, -0.2) is 27.7 Å². The first kappa shape index (κ1) is 153. The summed E-state index contributed by atoms with van der Waals surface area (Å²) >= 11 is 0. The van der Waals surface area contributed by atoms with Crippen LogP contribution in [0.5, 0.6) is 0 Å². The summed E-state index contributed by atoms with van der Waals surface area (Å²) in [6.45, 7) is 0. The van der Waals surface area contributed by atoms with Gasteiger partial charge in [-0.25, -0.2) is 0 Å². The van der Waals surface area contributed by atoms with E-state index in [9.17, 15) is 0 Å². The van der Waals surface area contributed by atoms with Gasteiger partial charge in [0.2, 0.25) is 0 Å². The van der Waals surface area contributed by atoms with Crippen LogP contribution in [0.4, 0.5) is 0 Å². The molecule has 0 saturated heterocycles. The zero-order valence-corrected chi connectivity index (χ0v) is 3.41. The van der Waals surface area contributed by atoms with Crippen LogP contribution in [0.3, 0.4) is 0 Å². The monoisotopic (exact) mass is 117 g/mol. The van der Waals surface area contributed by atoms with Crippen LogP contribution in [0.15, 0.2) is 0 Å². The van der Waals surface area contributed by atoms with E-state index in [2.05, 4.69) is 0 Å². The van der Waals surface area contributed by atoms with Gasteiger partial charge in [0.25, 0.3) is 0 Å². The van der Waals surface area contributed by atoms with Gasteiger partial charge in [-0.15, -0.1) is 0 Å². The fourth-order valence-corrected chi connectivity index (χ4v) is 0. The van der Waals surface area contributed by atoms with E-state index < -0.39 is 0 Å². The summed E-state index contributed by atoms with van der Waals surface area (Å²) < 4.78 is 0. The quantitative estimate of drug-likeness (QED) is 0.344. The van der Waals surface area contributed by atoms with Gasteiger partial charge in [0.15, 0.2) is 0 Å². The fourth-order valence-electron chi connectivity index (χ4n) is 0. The van der Waals surface area contributed by atoms with Gasteiger partial charge in [0.1, 0.15) is 0 Å². The van der Waals surface area contributed by atoms with Crippen LogP contribution in [0.2, 0.25) is 0 Å². The van der Waals surface area contributed by atoms with Crippen molar-refractivity contribution in [2.24, 2.45) is 0 Å². The van der Waals surface area contributed by atoms with Crippen molar-refractivity contribution in [1.82, 2.24) is 0 Å². The molecule has 0 N–H and O–H groups in total. The minimum Gasteiger partial charge on any atom is -2.00 e. The summed E-state index contributed by atoms with van der Waals surface area (Å²) in [5.74, 6) is 0. The first-order valence-electron chi connectivity index (χ1n) is 0. The molecule has 0 saturated carbocycles. The first-order chi connectivity index (χ1) is 0. The van der Waals surface area contributed by atoms with Crippen molar-refractivity contribution in [3.63, 3.8) is 0 Å². The fraction of sp³-hybridized carbons (Fsp3) is 0. The molecule has 0 rings (SSSR count). The van der Waals surface area contributed by atoms with Gasteiger partial charge in [-0.2, -0.15) is 0 Å². The molecule has 20 valence electrons. The van der Waals surface area contributed by atoms with E-state index in [1.165, 1.54) is 0 Å². The summed E-state index contributed by atoms with van der Waals surface area (Å²) in [6, 6.07) is 0. The largest absolute Gasteiger partial charge is 4.00 e. The maximum Gasteiger partial charge on any atom is 4.00 e. The van der Waals surface area contributed by atoms with Gasteiger partial charge in [-0.05, 0) is 0 Å². The summed E-state index contributed by atoms with van der Waals surface area (Å²) in [5, 5.41) is 0.